The lowest BCUT2D eigenvalue weighted by Crippen LogP contribution is -2.26. The summed E-state index contributed by atoms with van der Waals surface area (Å²) in [7, 11) is 0. The first-order valence-electron chi connectivity index (χ1n) is 10.9. The van der Waals surface area contributed by atoms with Gasteiger partial charge in [0, 0.05) is 24.6 Å². The summed E-state index contributed by atoms with van der Waals surface area (Å²) in [5.41, 5.74) is 4.33. The van der Waals surface area contributed by atoms with Crippen LogP contribution in [0.4, 0.5) is 5.69 Å². The van der Waals surface area contributed by atoms with Gasteiger partial charge in [-0.2, -0.15) is 0 Å². The van der Waals surface area contributed by atoms with Crippen LogP contribution in [0.15, 0.2) is 84.9 Å². The Morgan fingerprint density at radius 3 is 2.12 bits per heavy atom. The van der Waals surface area contributed by atoms with Crippen molar-refractivity contribution in [1.29, 1.82) is 0 Å². The predicted molar refractivity (Wildman–Crippen MR) is 133 cm³/mol. The average molecular weight is 448 g/mol. The van der Waals surface area contributed by atoms with Crippen molar-refractivity contribution in [3.8, 4) is 0 Å². The Hall–Kier alpha value is -3.02. The molecule has 0 radical (unpaired) electrons. The molecular formula is C27H29NO3S. The van der Waals surface area contributed by atoms with Gasteiger partial charge in [-0.3, -0.25) is 0 Å². The van der Waals surface area contributed by atoms with Crippen LogP contribution in [0.3, 0.4) is 0 Å². The number of aliphatic carboxylic acids is 1. The third kappa shape index (κ3) is 7.01. The van der Waals surface area contributed by atoms with Crippen molar-refractivity contribution < 1.29 is 14.6 Å². The van der Waals surface area contributed by atoms with E-state index in [4.69, 9.17) is 17.0 Å². The molecule has 0 bridgehead atoms. The molecule has 3 aromatic carbocycles. The Kier molecular flexibility index (Phi) is 8.96. The molecule has 3 aromatic rings. The van der Waals surface area contributed by atoms with Gasteiger partial charge < -0.3 is 15.2 Å². The predicted octanol–water partition coefficient (Wildman–Crippen LogP) is 5.87. The van der Waals surface area contributed by atoms with E-state index in [9.17, 15) is 9.90 Å². The smallest absolute Gasteiger partial charge is 0.333 e. The minimum Gasteiger partial charge on any atom is -0.479 e. The molecule has 2 N–H and O–H groups in total. The second-order valence-corrected chi connectivity index (χ2v) is 8.10. The molecule has 0 spiro atoms. The summed E-state index contributed by atoms with van der Waals surface area (Å²) in [6.45, 7) is 2.19. The molecule has 0 aliphatic carbocycles. The minimum atomic E-state index is -0.930. The first-order chi connectivity index (χ1) is 15.6. The zero-order valence-corrected chi connectivity index (χ0v) is 19.1. The highest BCUT2D eigenvalue weighted by atomic mass is 32.1. The molecule has 0 aliphatic rings. The molecule has 0 amide bonds. The maximum absolute atomic E-state index is 11.3. The molecule has 4 nitrogen and oxygen atoms in total. The number of hydrogen-bond donors (Lipinski definition) is 2. The van der Waals surface area contributed by atoms with E-state index in [1.165, 1.54) is 11.1 Å². The molecule has 2 atom stereocenters. The van der Waals surface area contributed by atoms with Crippen LogP contribution in [0.5, 0.6) is 0 Å². The third-order valence-electron chi connectivity index (χ3n) is 5.37. The Morgan fingerprint density at radius 1 is 0.938 bits per heavy atom. The molecule has 3 rings (SSSR count). The normalized spacial score (nSPS) is 12.7. The van der Waals surface area contributed by atoms with Crippen LogP contribution in [-0.2, 0) is 22.4 Å². The quantitative estimate of drug-likeness (QED) is 0.360. The lowest BCUT2D eigenvalue weighted by Gasteiger charge is -2.20. The summed E-state index contributed by atoms with van der Waals surface area (Å²) in [4.78, 5) is 12.1. The number of rotatable bonds is 11. The van der Waals surface area contributed by atoms with Gasteiger partial charge in [-0.05, 0) is 48.6 Å². The van der Waals surface area contributed by atoms with Gasteiger partial charge in [-0.1, -0.05) is 85.0 Å². The van der Waals surface area contributed by atoms with Crippen molar-refractivity contribution >= 4 is 28.9 Å². The van der Waals surface area contributed by atoms with E-state index >= 15 is 0 Å². The van der Waals surface area contributed by atoms with Crippen LogP contribution in [0, 0.1) is 0 Å². The SMILES string of the molecule is CCOC(Cc1ccc(CCC(C(=S)Nc2ccccc2)c2ccccc2)cc1)C(=O)O. The fourth-order valence-corrected chi connectivity index (χ4v) is 4.04. The molecule has 0 saturated carbocycles. The second kappa shape index (κ2) is 12.1. The molecule has 0 saturated heterocycles. The van der Waals surface area contributed by atoms with Crippen molar-refractivity contribution in [2.24, 2.45) is 0 Å². The fraction of sp³-hybridized carbons (Fsp3) is 0.259. The number of aryl methyl sites for hydroxylation is 1. The molecule has 0 aliphatic heterocycles. The van der Waals surface area contributed by atoms with Gasteiger partial charge in [0.1, 0.15) is 0 Å². The van der Waals surface area contributed by atoms with E-state index in [-0.39, 0.29) is 5.92 Å². The standard InChI is InChI=1S/C27H29NO3S/c1-2-31-25(27(29)30)19-21-15-13-20(14-16-21)17-18-24(22-9-5-3-6-10-22)26(32)28-23-11-7-4-8-12-23/h3-16,24-25H,2,17-19H2,1H3,(H,28,32)(H,29,30). The number of benzene rings is 3. The number of carbonyl (C=O) groups is 1. The lowest BCUT2D eigenvalue weighted by molar-refractivity contribution is -0.149. The summed E-state index contributed by atoms with van der Waals surface area (Å²) < 4.78 is 5.32. The topological polar surface area (TPSA) is 58.6 Å². The van der Waals surface area contributed by atoms with Gasteiger partial charge >= 0.3 is 5.97 Å². The highest BCUT2D eigenvalue weighted by molar-refractivity contribution is 7.80. The maximum atomic E-state index is 11.3. The van der Waals surface area contributed by atoms with E-state index in [2.05, 4.69) is 29.6 Å². The largest absolute Gasteiger partial charge is 0.479 e. The zero-order valence-electron chi connectivity index (χ0n) is 18.2. The molecule has 0 fully saturated rings. The van der Waals surface area contributed by atoms with Crippen LogP contribution in [0.2, 0.25) is 0 Å². The number of anilines is 1. The van der Waals surface area contributed by atoms with Gasteiger partial charge in [-0.25, -0.2) is 4.79 Å². The van der Waals surface area contributed by atoms with Gasteiger partial charge in [0.05, 0.1) is 4.99 Å². The van der Waals surface area contributed by atoms with Crippen molar-refractivity contribution in [2.45, 2.75) is 38.2 Å². The van der Waals surface area contributed by atoms with E-state index in [1.54, 1.807) is 6.92 Å². The van der Waals surface area contributed by atoms with Crippen LogP contribution in [-0.4, -0.2) is 28.8 Å². The highest BCUT2D eigenvalue weighted by Gasteiger charge is 2.19. The Labute approximate surface area is 195 Å². The van der Waals surface area contributed by atoms with Crippen molar-refractivity contribution in [3.05, 3.63) is 102 Å². The summed E-state index contributed by atoms with van der Waals surface area (Å²) in [6.07, 6.45) is 1.29. The van der Waals surface area contributed by atoms with E-state index < -0.39 is 12.1 Å². The number of nitrogens with one attached hydrogen (secondary N) is 1. The van der Waals surface area contributed by atoms with Crippen LogP contribution in [0.25, 0.3) is 0 Å². The van der Waals surface area contributed by atoms with E-state index in [0.717, 1.165) is 29.1 Å². The number of para-hydroxylation sites is 1. The van der Waals surface area contributed by atoms with Crippen molar-refractivity contribution in [3.63, 3.8) is 0 Å². The summed E-state index contributed by atoms with van der Waals surface area (Å²) >= 11 is 5.79. The highest BCUT2D eigenvalue weighted by Crippen LogP contribution is 2.25. The lowest BCUT2D eigenvalue weighted by atomic mass is 9.91. The number of ether oxygens (including phenoxy) is 1. The summed E-state index contributed by atoms with van der Waals surface area (Å²) in [6, 6.07) is 28.4. The van der Waals surface area contributed by atoms with Crippen LogP contribution >= 0.6 is 12.2 Å². The molecule has 166 valence electrons. The number of carboxylic acid groups (broad SMARTS) is 1. The average Bonchev–Trinajstić information content (AvgIpc) is 2.81. The van der Waals surface area contributed by atoms with Crippen molar-refractivity contribution in [2.75, 3.05) is 11.9 Å². The number of hydrogen-bond acceptors (Lipinski definition) is 3. The van der Waals surface area contributed by atoms with Crippen molar-refractivity contribution in [1.82, 2.24) is 0 Å². The van der Waals surface area contributed by atoms with E-state index in [0.29, 0.717) is 13.0 Å². The van der Waals surface area contributed by atoms with Gasteiger partial charge in [0.15, 0.2) is 6.10 Å². The molecule has 2 unspecified atom stereocenters. The molecule has 5 heteroatoms. The monoisotopic (exact) mass is 447 g/mol. The minimum absolute atomic E-state index is 0.0976. The Morgan fingerprint density at radius 2 is 1.53 bits per heavy atom. The Bertz CT molecular complexity index is 990. The third-order valence-corrected chi connectivity index (χ3v) is 5.76. The fourth-order valence-electron chi connectivity index (χ4n) is 3.67. The zero-order chi connectivity index (χ0) is 22.8. The number of thiocarbonyl (C=S) groups is 1. The second-order valence-electron chi connectivity index (χ2n) is 7.66. The molecular weight excluding hydrogens is 418 g/mol. The van der Waals surface area contributed by atoms with Crippen LogP contribution in [0.1, 0.15) is 36.0 Å². The Balaban J connectivity index is 1.66. The molecule has 0 heterocycles. The van der Waals surface area contributed by atoms with Gasteiger partial charge in [0.25, 0.3) is 0 Å². The maximum Gasteiger partial charge on any atom is 0.333 e. The first-order valence-corrected chi connectivity index (χ1v) is 11.3. The summed E-state index contributed by atoms with van der Waals surface area (Å²) in [5, 5.41) is 12.7. The number of carboxylic acids is 1. The first kappa shape index (κ1) is 23.6. The van der Waals surface area contributed by atoms with Gasteiger partial charge in [0.2, 0.25) is 0 Å². The van der Waals surface area contributed by atoms with Crippen LogP contribution < -0.4 is 5.32 Å². The van der Waals surface area contributed by atoms with Gasteiger partial charge in [-0.15, -0.1) is 0 Å². The molecule has 0 aromatic heterocycles. The molecule has 32 heavy (non-hydrogen) atoms. The van der Waals surface area contributed by atoms with E-state index in [1.807, 2.05) is 60.7 Å². The summed E-state index contributed by atoms with van der Waals surface area (Å²) in [5.74, 6) is -0.832.